The third-order valence-electron chi connectivity index (χ3n) is 2.96. The van der Waals surface area contributed by atoms with Crippen LogP contribution in [0.15, 0.2) is 36.5 Å². The molecule has 0 aliphatic rings. The maximum Gasteiger partial charge on any atom is 0.339 e. The number of benzene rings is 1. The lowest BCUT2D eigenvalue weighted by Gasteiger charge is -2.12. The van der Waals surface area contributed by atoms with E-state index in [1.807, 2.05) is 18.2 Å². The van der Waals surface area contributed by atoms with Gasteiger partial charge in [0.2, 0.25) is 5.91 Å². The highest BCUT2D eigenvalue weighted by Crippen LogP contribution is 2.14. The quantitative estimate of drug-likeness (QED) is 0.893. The molecule has 1 aromatic carbocycles. The average Bonchev–Trinajstić information content (AvgIpc) is 2.81. The molecule has 0 saturated heterocycles. The van der Waals surface area contributed by atoms with Gasteiger partial charge < -0.3 is 10.4 Å². The van der Waals surface area contributed by atoms with E-state index in [4.69, 9.17) is 5.11 Å². The number of carbonyl (C=O) groups excluding carboxylic acids is 1. The number of nitrogens with zero attached hydrogens (tertiary/aromatic N) is 2. The normalized spacial score (nSPS) is 11.9. The van der Waals surface area contributed by atoms with E-state index >= 15 is 0 Å². The van der Waals surface area contributed by atoms with Crippen LogP contribution >= 0.6 is 0 Å². The summed E-state index contributed by atoms with van der Waals surface area (Å²) in [5.41, 5.74) is 1.17. The lowest BCUT2D eigenvalue weighted by molar-refractivity contribution is -0.119. The summed E-state index contributed by atoms with van der Waals surface area (Å²) in [6.07, 6.45) is 1.37. The van der Waals surface area contributed by atoms with Gasteiger partial charge in [0.15, 0.2) is 0 Å². The van der Waals surface area contributed by atoms with Crippen LogP contribution in [0.4, 0.5) is 5.69 Å². The Bertz CT molecular complexity index is 634. The second-order valence-electron chi connectivity index (χ2n) is 4.44. The van der Waals surface area contributed by atoms with Gasteiger partial charge in [0, 0.05) is 11.9 Å². The van der Waals surface area contributed by atoms with E-state index in [0.29, 0.717) is 11.4 Å². The summed E-state index contributed by atoms with van der Waals surface area (Å²) >= 11 is 0. The zero-order valence-corrected chi connectivity index (χ0v) is 11.2. The van der Waals surface area contributed by atoms with Crippen LogP contribution in [0.1, 0.15) is 29.0 Å². The minimum absolute atomic E-state index is 0.101. The largest absolute Gasteiger partial charge is 0.478 e. The van der Waals surface area contributed by atoms with Crippen molar-refractivity contribution in [2.24, 2.45) is 0 Å². The number of amides is 1. The maximum absolute atomic E-state index is 12.1. The Hall–Kier alpha value is -2.63. The van der Waals surface area contributed by atoms with Crippen LogP contribution in [0.25, 0.3) is 0 Å². The molecule has 1 atom stereocenters. The van der Waals surface area contributed by atoms with Crippen molar-refractivity contribution < 1.29 is 14.7 Å². The fourth-order valence-electron chi connectivity index (χ4n) is 1.78. The summed E-state index contributed by atoms with van der Waals surface area (Å²) in [6, 6.07) is 8.46. The van der Waals surface area contributed by atoms with Crippen LogP contribution < -0.4 is 5.32 Å². The summed E-state index contributed by atoms with van der Waals surface area (Å²) < 4.78 is 1.36. The Balaban J connectivity index is 2.15. The first-order valence-electron chi connectivity index (χ1n) is 6.14. The number of aryl methyl sites for hydroxylation is 1. The molecule has 1 heterocycles. The van der Waals surface area contributed by atoms with Crippen LogP contribution in [0.3, 0.4) is 0 Å². The summed E-state index contributed by atoms with van der Waals surface area (Å²) in [6.45, 7) is 3.26. The number of carboxylic acid groups (broad SMARTS) is 1. The number of para-hydroxylation sites is 1. The smallest absolute Gasteiger partial charge is 0.339 e. The number of aromatic nitrogens is 2. The van der Waals surface area contributed by atoms with Crippen LogP contribution in [0, 0.1) is 6.92 Å². The number of hydrogen-bond donors (Lipinski definition) is 2. The molecule has 2 aromatic rings. The highest BCUT2D eigenvalue weighted by Gasteiger charge is 2.19. The molecule has 20 heavy (non-hydrogen) atoms. The molecule has 0 bridgehead atoms. The number of hydrogen-bond acceptors (Lipinski definition) is 3. The minimum atomic E-state index is -1.05. The second kappa shape index (κ2) is 5.56. The van der Waals surface area contributed by atoms with Crippen molar-refractivity contribution in [2.75, 3.05) is 5.32 Å². The Morgan fingerprint density at radius 3 is 2.50 bits per heavy atom. The molecule has 0 radical (unpaired) electrons. The zero-order chi connectivity index (χ0) is 14.7. The van der Waals surface area contributed by atoms with Crippen molar-refractivity contribution in [3.05, 3.63) is 47.8 Å². The van der Waals surface area contributed by atoms with Crippen molar-refractivity contribution in [1.29, 1.82) is 0 Å². The summed E-state index contributed by atoms with van der Waals surface area (Å²) in [7, 11) is 0. The van der Waals surface area contributed by atoms with Crippen LogP contribution in [0.5, 0.6) is 0 Å². The van der Waals surface area contributed by atoms with E-state index in [1.165, 1.54) is 10.9 Å². The Labute approximate surface area is 116 Å². The van der Waals surface area contributed by atoms with Crippen molar-refractivity contribution in [1.82, 2.24) is 9.78 Å². The lowest BCUT2D eigenvalue weighted by Crippen LogP contribution is -2.24. The molecule has 0 aliphatic carbocycles. The summed E-state index contributed by atoms with van der Waals surface area (Å²) in [4.78, 5) is 23.0. The van der Waals surface area contributed by atoms with Gasteiger partial charge in [0.05, 0.1) is 5.69 Å². The predicted molar refractivity (Wildman–Crippen MR) is 73.7 cm³/mol. The molecular formula is C14H15N3O3. The van der Waals surface area contributed by atoms with E-state index in [9.17, 15) is 9.59 Å². The minimum Gasteiger partial charge on any atom is -0.478 e. The van der Waals surface area contributed by atoms with Crippen molar-refractivity contribution >= 4 is 17.6 Å². The molecule has 0 aliphatic heterocycles. The fourth-order valence-corrected chi connectivity index (χ4v) is 1.78. The van der Waals surface area contributed by atoms with Crippen molar-refractivity contribution in [3.63, 3.8) is 0 Å². The fraction of sp³-hybridized carbons (Fsp3) is 0.214. The van der Waals surface area contributed by atoms with Gasteiger partial charge in [-0.25, -0.2) is 4.79 Å². The molecule has 1 amide bonds. The first kappa shape index (κ1) is 13.8. The van der Waals surface area contributed by atoms with Gasteiger partial charge in [0.25, 0.3) is 0 Å². The number of aromatic carboxylic acids is 1. The number of carboxylic acids is 1. The lowest BCUT2D eigenvalue weighted by atomic mass is 10.2. The first-order chi connectivity index (χ1) is 9.49. The monoisotopic (exact) mass is 273 g/mol. The van der Waals surface area contributed by atoms with E-state index in [0.717, 1.165) is 0 Å². The molecule has 1 aromatic heterocycles. The molecule has 6 nitrogen and oxygen atoms in total. The molecule has 0 spiro atoms. The van der Waals surface area contributed by atoms with Gasteiger partial charge in [-0.1, -0.05) is 18.2 Å². The average molecular weight is 273 g/mol. The molecule has 2 N–H and O–H groups in total. The topological polar surface area (TPSA) is 84.2 Å². The number of carbonyl (C=O) groups is 2. The van der Waals surface area contributed by atoms with Crippen molar-refractivity contribution in [3.8, 4) is 0 Å². The van der Waals surface area contributed by atoms with E-state index in [-0.39, 0.29) is 11.5 Å². The number of nitrogens with one attached hydrogen (secondary N) is 1. The van der Waals surface area contributed by atoms with Gasteiger partial charge in [0.1, 0.15) is 11.6 Å². The van der Waals surface area contributed by atoms with Gasteiger partial charge in [-0.15, -0.1) is 0 Å². The highest BCUT2D eigenvalue weighted by atomic mass is 16.4. The molecule has 104 valence electrons. The predicted octanol–water partition coefficient (Wildman–Crippen LogP) is 2.09. The van der Waals surface area contributed by atoms with Crippen molar-refractivity contribution in [2.45, 2.75) is 19.9 Å². The maximum atomic E-state index is 12.1. The van der Waals surface area contributed by atoms with Gasteiger partial charge >= 0.3 is 5.97 Å². The molecule has 1 unspecified atom stereocenters. The third-order valence-corrected chi connectivity index (χ3v) is 2.96. The summed E-state index contributed by atoms with van der Waals surface area (Å²) in [5, 5.41) is 15.8. The van der Waals surface area contributed by atoms with E-state index < -0.39 is 12.0 Å². The molecule has 0 fully saturated rings. The van der Waals surface area contributed by atoms with E-state index in [1.54, 1.807) is 26.0 Å². The Morgan fingerprint density at radius 2 is 1.95 bits per heavy atom. The molecule has 2 rings (SSSR count). The highest BCUT2D eigenvalue weighted by molar-refractivity contribution is 5.93. The van der Waals surface area contributed by atoms with Gasteiger partial charge in [-0.3, -0.25) is 9.48 Å². The van der Waals surface area contributed by atoms with Crippen LogP contribution in [-0.4, -0.2) is 26.8 Å². The standard InChI is InChI=1S/C14H15N3O3/c1-9-12(14(19)20)8-17(16-9)10(2)13(18)15-11-6-4-3-5-7-11/h3-8,10H,1-2H3,(H,15,18)(H,19,20). The summed E-state index contributed by atoms with van der Waals surface area (Å²) in [5.74, 6) is -1.31. The second-order valence-corrected chi connectivity index (χ2v) is 4.44. The SMILES string of the molecule is Cc1nn(C(C)C(=O)Nc2ccccc2)cc1C(=O)O. The number of rotatable bonds is 4. The Morgan fingerprint density at radius 1 is 1.30 bits per heavy atom. The number of anilines is 1. The van der Waals surface area contributed by atoms with Gasteiger partial charge in [-0.2, -0.15) is 5.10 Å². The zero-order valence-electron chi connectivity index (χ0n) is 11.2. The van der Waals surface area contributed by atoms with Crippen LogP contribution in [-0.2, 0) is 4.79 Å². The molecular weight excluding hydrogens is 258 g/mol. The van der Waals surface area contributed by atoms with Crippen LogP contribution in [0.2, 0.25) is 0 Å². The third kappa shape index (κ3) is 2.85. The molecule has 0 saturated carbocycles. The van der Waals surface area contributed by atoms with E-state index in [2.05, 4.69) is 10.4 Å². The first-order valence-corrected chi connectivity index (χ1v) is 6.14. The van der Waals surface area contributed by atoms with Gasteiger partial charge in [-0.05, 0) is 26.0 Å². The Kier molecular flexibility index (Phi) is 3.84. The molecule has 6 heteroatoms.